The van der Waals surface area contributed by atoms with Gasteiger partial charge in [-0.05, 0) is 34.6 Å². The summed E-state index contributed by atoms with van der Waals surface area (Å²) in [5.74, 6) is 1.23. The first-order valence-electron chi connectivity index (χ1n) is 7.42. The van der Waals surface area contributed by atoms with Crippen LogP contribution in [-0.4, -0.2) is 41.1 Å². The van der Waals surface area contributed by atoms with Crippen molar-refractivity contribution in [1.29, 1.82) is 0 Å². The molecule has 2 heterocycles. The molecule has 0 aliphatic carbocycles. The molecule has 5 nitrogen and oxygen atoms in total. The first-order chi connectivity index (χ1) is 9.28. The van der Waals surface area contributed by atoms with E-state index in [1.165, 1.54) is 11.4 Å². The molecule has 20 heavy (non-hydrogen) atoms. The monoisotopic (exact) mass is 280 g/mol. The summed E-state index contributed by atoms with van der Waals surface area (Å²) in [6, 6.07) is 0. The number of aryl methyl sites for hydroxylation is 2. The predicted molar refractivity (Wildman–Crippen MR) is 82.2 cm³/mol. The highest BCUT2D eigenvalue weighted by Gasteiger charge is 2.24. The summed E-state index contributed by atoms with van der Waals surface area (Å²) < 4.78 is 7.65. The van der Waals surface area contributed by atoms with Gasteiger partial charge in [0, 0.05) is 37.8 Å². The standard InChI is InChI=1S/C15H28N4O/c1-11-10-19(7-8-20-11)14-13(9-16-15(3,4)5)12(2)17-18(14)6/h11,16H,7-10H2,1-6H3. The molecule has 114 valence electrons. The Morgan fingerprint density at radius 2 is 2.10 bits per heavy atom. The highest BCUT2D eigenvalue weighted by atomic mass is 16.5. The number of morpholine rings is 1. The molecule has 1 unspecified atom stereocenters. The molecule has 0 spiro atoms. The Morgan fingerprint density at radius 3 is 2.70 bits per heavy atom. The lowest BCUT2D eigenvalue weighted by Gasteiger charge is -2.33. The zero-order chi connectivity index (χ0) is 14.9. The molecule has 1 aliphatic heterocycles. The van der Waals surface area contributed by atoms with Crippen LogP contribution in [0.15, 0.2) is 0 Å². The third-order valence-electron chi connectivity index (χ3n) is 3.65. The quantitative estimate of drug-likeness (QED) is 0.917. The molecule has 1 fully saturated rings. The summed E-state index contributed by atoms with van der Waals surface area (Å²) >= 11 is 0. The summed E-state index contributed by atoms with van der Waals surface area (Å²) in [4.78, 5) is 2.40. The molecule has 5 heteroatoms. The minimum Gasteiger partial charge on any atom is -0.375 e. The zero-order valence-electron chi connectivity index (χ0n) is 13.7. The smallest absolute Gasteiger partial charge is 0.131 e. The molecule has 0 saturated carbocycles. The number of nitrogens with zero attached hydrogens (tertiary/aromatic N) is 3. The molecule has 0 aromatic carbocycles. The van der Waals surface area contributed by atoms with Gasteiger partial charge in [-0.1, -0.05) is 0 Å². The Morgan fingerprint density at radius 1 is 1.40 bits per heavy atom. The van der Waals surface area contributed by atoms with Gasteiger partial charge in [0.05, 0.1) is 18.4 Å². The van der Waals surface area contributed by atoms with Crippen molar-refractivity contribution in [3.05, 3.63) is 11.3 Å². The van der Waals surface area contributed by atoms with Crippen LogP contribution in [-0.2, 0) is 18.3 Å². The van der Waals surface area contributed by atoms with Crippen molar-refractivity contribution in [2.45, 2.75) is 52.8 Å². The fourth-order valence-corrected chi connectivity index (χ4v) is 2.66. The molecule has 0 radical (unpaired) electrons. The largest absolute Gasteiger partial charge is 0.375 e. The first-order valence-corrected chi connectivity index (χ1v) is 7.42. The lowest BCUT2D eigenvalue weighted by atomic mass is 10.1. The molecule has 1 atom stereocenters. The lowest BCUT2D eigenvalue weighted by Crippen LogP contribution is -2.43. The van der Waals surface area contributed by atoms with Gasteiger partial charge in [0.1, 0.15) is 5.82 Å². The SMILES string of the molecule is Cc1nn(C)c(N2CCOC(C)C2)c1CNC(C)(C)C. The van der Waals surface area contributed by atoms with Gasteiger partial charge in [0.25, 0.3) is 0 Å². The van der Waals surface area contributed by atoms with Crippen LogP contribution in [0.2, 0.25) is 0 Å². The van der Waals surface area contributed by atoms with Crippen LogP contribution in [0, 0.1) is 6.92 Å². The summed E-state index contributed by atoms with van der Waals surface area (Å²) in [6.07, 6.45) is 0.280. The molecule has 1 aromatic heterocycles. The van der Waals surface area contributed by atoms with Gasteiger partial charge in [-0.3, -0.25) is 4.68 Å². The van der Waals surface area contributed by atoms with E-state index < -0.39 is 0 Å². The van der Waals surface area contributed by atoms with E-state index in [2.05, 4.69) is 49.9 Å². The van der Waals surface area contributed by atoms with Crippen LogP contribution < -0.4 is 10.2 Å². The Labute approximate surface area is 122 Å². The van der Waals surface area contributed by atoms with Crippen LogP contribution in [0.25, 0.3) is 0 Å². The van der Waals surface area contributed by atoms with E-state index >= 15 is 0 Å². The summed E-state index contributed by atoms with van der Waals surface area (Å²) in [6.45, 7) is 14.3. The molecule has 1 aromatic rings. The second-order valence-electron chi connectivity index (χ2n) is 6.74. The third kappa shape index (κ3) is 3.52. The molecule has 2 rings (SSSR count). The van der Waals surface area contributed by atoms with Gasteiger partial charge in [0.15, 0.2) is 0 Å². The first kappa shape index (κ1) is 15.3. The van der Waals surface area contributed by atoms with Crippen LogP contribution in [0.4, 0.5) is 5.82 Å². The van der Waals surface area contributed by atoms with Gasteiger partial charge < -0.3 is 15.0 Å². The number of hydrogen-bond acceptors (Lipinski definition) is 4. The second-order valence-corrected chi connectivity index (χ2v) is 6.74. The maximum atomic E-state index is 5.64. The maximum Gasteiger partial charge on any atom is 0.131 e. The number of rotatable bonds is 3. The van der Waals surface area contributed by atoms with Gasteiger partial charge in [-0.15, -0.1) is 0 Å². The molecule has 0 bridgehead atoms. The van der Waals surface area contributed by atoms with E-state index in [9.17, 15) is 0 Å². The van der Waals surface area contributed by atoms with Crippen LogP contribution in [0.5, 0.6) is 0 Å². The van der Waals surface area contributed by atoms with Gasteiger partial charge in [-0.2, -0.15) is 5.10 Å². The number of ether oxygens (including phenoxy) is 1. The van der Waals surface area contributed by atoms with Crippen molar-refractivity contribution in [3.8, 4) is 0 Å². The predicted octanol–water partition coefficient (Wildman–Crippen LogP) is 1.84. The van der Waals surface area contributed by atoms with Crippen molar-refractivity contribution in [3.63, 3.8) is 0 Å². The summed E-state index contributed by atoms with van der Waals surface area (Å²) in [5, 5.41) is 8.18. The Balaban J connectivity index is 2.23. The van der Waals surface area contributed by atoms with E-state index in [1.807, 2.05) is 11.7 Å². The summed E-state index contributed by atoms with van der Waals surface area (Å²) in [7, 11) is 2.03. The van der Waals surface area contributed by atoms with E-state index in [4.69, 9.17) is 4.74 Å². The molecular weight excluding hydrogens is 252 g/mol. The summed E-state index contributed by atoms with van der Waals surface area (Å²) in [5.41, 5.74) is 2.52. The fraction of sp³-hybridized carbons (Fsp3) is 0.800. The second kappa shape index (κ2) is 5.74. The van der Waals surface area contributed by atoms with Crippen LogP contribution in [0.3, 0.4) is 0 Å². The zero-order valence-corrected chi connectivity index (χ0v) is 13.7. The van der Waals surface area contributed by atoms with E-state index in [0.717, 1.165) is 31.9 Å². The van der Waals surface area contributed by atoms with E-state index in [-0.39, 0.29) is 11.6 Å². The van der Waals surface area contributed by atoms with Crippen LogP contribution in [0.1, 0.15) is 39.0 Å². The molecule has 1 N–H and O–H groups in total. The topological polar surface area (TPSA) is 42.3 Å². The molecule has 0 amide bonds. The van der Waals surface area contributed by atoms with Gasteiger partial charge >= 0.3 is 0 Å². The average molecular weight is 280 g/mol. The van der Waals surface area contributed by atoms with Crippen molar-refractivity contribution in [2.24, 2.45) is 7.05 Å². The number of aromatic nitrogens is 2. The van der Waals surface area contributed by atoms with Crippen LogP contribution >= 0.6 is 0 Å². The van der Waals surface area contributed by atoms with Gasteiger partial charge in [-0.25, -0.2) is 0 Å². The third-order valence-corrected chi connectivity index (χ3v) is 3.65. The average Bonchev–Trinajstić information content (AvgIpc) is 2.60. The maximum absolute atomic E-state index is 5.64. The van der Waals surface area contributed by atoms with Crippen molar-refractivity contribution < 1.29 is 4.74 Å². The number of hydrogen-bond donors (Lipinski definition) is 1. The fourth-order valence-electron chi connectivity index (χ4n) is 2.66. The Kier molecular flexibility index (Phi) is 4.39. The Hall–Kier alpha value is -1.07. The number of anilines is 1. The van der Waals surface area contributed by atoms with Crippen molar-refractivity contribution >= 4 is 5.82 Å². The van der Waals surface area contributed by atoms with E-state index in [0.29, 0.717) is 0 Å². The molecule has 1 saturated heterocycles. The molecular formula is C15H28N4O. The Bertz CT molecular complexity index is 461. The number of nitrogens with one attached hydrogen (secondary N) is 1. The minimum atomic E-state index is 0.109. The normalized spacial score (nSPS) is 20.5. The minimum absolute atomic E-state index is 0.109. The highest BCUT2D eigenvalue weighted by molar-refractivity contribution is 5.50. The van der Waals surface area contributed by atoms with E-state index in [1.54, 1.807) is 0 Å². The molecule has 1 aliphatic rings. The van der Waals surface area contributed by atoms with Gasteiger partial charge in [0.2, 0.25) is 0 Å². The lowest BCUT2D eigenvalue weighted by molar-refractivity contribution is 0.0526. The highest BCUT2D eigenvalue weighted by Crippen LogP contribution is 2.25. The van der Waals surface area contributed by atoms with Crippen molar-refractivity contribution in [1.82, 2.24) is 15.1 Å². The van der Waals surface area contributed by atoms with Crippen molar-refractivity contribution in [2.75, 3.05) is 24.6 Å².